The number of halogens is 1. The predicted molar refractivity (Wildman–Crippen MR) is 101 cm³/mol. The maximum Gasteiger partial charge on any atom is 0.329 e. The molecule has 2 aromatic carbocycles. The van der Waals surface area contributed by atoms with Crippen LogP contribution in [0.15, 0.2) is 47.4 Å². The van der Waals surface area contributed by atoms with Crippen molar-refractivity contribution >= 4 is 26.7 Å². The zero-order chi connectivity index (χ0) is 19.9. The van der Waals surface area contributed by atoms with E-state index in [9.17, 15) is 17.6 Å². The molecule has 3 rings (SSSR count). The van der Waals surface area contributed by atoms with Gasteiger partial charge in [0.15, 0.2) is 9.84 Å². The highest BCUT2D eigenvalue weighted by molar-refractivity contribution is 7.90. The number of carbonyl (C=O) groups excluding carboxylic acids is 1. The van der Waals surface area contributed by atoms with Gasteiger partial charge in [-0.15, -0.1) is 0 Å². The fourth-order valence-corrected chi connectivity index (χ4v) is 3.98. The lowest BCUT2D eigenvalue weighted by molar-refractivity contribution is -0.141. The third kappa shape index (κ3) is 3.60. The molecule has 0 saturated heterocycles. The summed E-state index contributed by atoms with van der Waals surface area (Å²) in [5.41, 5.74) is 2.97. The second-order valence-electron chi connectivity index (χ2n) is 6.60. The first-order valence-electron chi connectivity index (χ1n) is 8.39. The highest BCUT2D eigenvalue weighted by atomic mass is 32.2. The standard InChI is InChI=1S/C20H20FNO4S/c1-12(15-5-8-17(9-6-15)27(4,24)25)20-13(2)22(26-14(3)23)19-10-7-16(21)11-18(19)20/h5-12H,1-4H3. The molecule has 142 valence electrons. The number of aromatic nitrogens is 1. The minimum Gasteiger partial charge on any atom is -0.337 e. The van der Waals surface area contributed by atoms with Gasteiger partial charge in [0.2, 0.25) is 0 Å². The molecule has 0 radical (unpaired) electrons. The second-order valence-corrected chi connectivity index (χ2v) is 8.62. The van der Waals surface area contributed by atoms with Gasteiger partial charge in [-0.25, -0.2) is 17.6 Å². The maximum atomic E-state index is 13.9. The lowest BCUT2D eigenvalue weighted by Crippen LogP contribution is -2.17. The Labute approximate surface area is 157 Å². The van der Waals surface area contributed by atoms with Crippen LogP contribution in [0.3, 0.4) is 0 Å². The zero-order valence-electron chi connectivity index (χ0n) is 15.5. The second kappa shape index (κ2) is 6.81. The Hall–Kier alpha value is -2.67. The van der Waals surface area contributed by atoms with Gasteiger partial charge in [-0.3, -0.25) is 0 Å². The number of sulfone groups is 1. The van der Waals surface area contributed by atoms with Crippen molar-refractivity contribution in [3.8, 4) is 0 Å². The minimum atomic E-state index is -3.28. The summed E-state index contributed by atoms with van der Waals surface area (Å²) >= 11 is 0. The summed E-state index contributed by atoms with van der Waals surface area (Å²) < 4.78 is 38.6. The van der Waals surface area contributed by atoms with Crippen molar-refractivity contribution in [2.24, 2.45) is 0 Å². The first-order chi connectivity index (χ1) is 12.6. The van der Waals surface area contributed by atoms with Crippen molar-refractivity contribution in [1.82, 2.24) is 4.73 Å². The average Bonchev–Trinajstić information content (AvgIpc) is 2.84. The van der Waals surface area contributed by atoms with Gasteiger partial charge >= 0.3 is 5.97 Å². The van der Waals surface area contributed by atoms with Crippen LogP contribution in [0.1, 0.15) is 36.6 Å². The number of fused-ring (bicyclic) bond motifs is 1. The van der Waals surface area contributed by atoms with E-state index >= 15 is 0 Å². The van der Waals surface area contributed by atoms with Crippen molar-refractivity contribution in [1.29, 1.82) is 0 Å². The molecule has 0 spiro atoms. The summed E-state index contributed by atoms with van der Waals surface area (Å²) in [5, 5.41) is 0.647. The van der Waals surface area contributed by atoms with Crippen LogP contribution in [0.25, 0.3) is 10.9 Å². The van der Waals surface area contributed by atoms with Gasteiger partial charge in [-0.1, -0.05) is 19.1 Å². The van der Waals surface area contributed by atoms with Crippen LogP contribution in [-0.4, -0.2) is 25.4 Å². The third-order valence-corrected chi connectivity index (χ3v) is 5.75. The van der Waals surface area contributed by atoms with E-state index in [0.717, 1.165) is 17.4 Å². The quantitative estimate of drug-likeness (QED) is 0.684. The van der Waals surface area contributed by atoms with E-state index in [4.69, 9.17) is 4.84 Å². The van der Waals surface area contributed by atoms with Crippen molar-refractivity contribution in [2.45, 2.75) is 31.6 Å². The first-order valence-corrected chi connectivity index (χ1v) is 10.3. The summed E-state index contributed by atoms with van der Waals surface area (Å²) in [6.45, 7) is 5.06. The lowest BCUT2D eigenvalue weighted by atomic mass is 9.91. The van der Waals surface area contributed by atoms with Crippen LogP contribution < -0.4 is 4.84 Å². The molecule has 27 heavy (non-hydrogen) atoms. The molecule has 1 heterocycles. The summed E-state index contributed by atoms with van der Waals surface area (Å²) in [6, 6.07) is 10.9. The molecule has 3 aromatic rings. The van der Waals surface area contributed by atoms with Crippen LogP contribution in [0.4, 0.5) is 4.39 Å². The summed E-state index contributed by atoms with van der Waals surface area (Å²) in [7, 11) is -3.28. The molecular weight excluding hydrogens is 369 g/mol. The smallest absolute Gasteiger partial charge is 0.329 e. The van der Waals surface area contributed by atoms with E-state index in [1.165, 1.54) is 23.8 Å². The van der Waals surface area contributed by atoms with Crippen molar-refractivity contribution in [3.63, 3.8) is 0 Å². The highest BCUT2D eigenvalue weighted by Gasteiger charge is 2.22. The molecule has 0 saturated carbocycles. The molecule has 0 aliphatic rings. The number of carbonyl (C=O) groups is 1. The van der Waals surface area contributed by atoms with Crippen LogP contribution in [0, 0.1) is 12.7 Å². The third-order valence-electron chi connectivity index (χ3n) is 4.62. The van der Waals surface area contributed by atoms with E-state index in [1.807, 2.05) is 6.92 Å². The molecule has 1 aromatic heterocycles. The molecule has 7 heteroatoms. The van der Waals surface area contributed by atoms with Crippen LogP contribution in [0.2, 0.25) is 0 Å². The van der Waals surface area contributed by atoms with Gasteiger partial charge in [0, 0.05) is 24.5 Å². The summed E-state index contributed by atoms with van der Waals surface area (Å²) in [5.74, 6) is -1.03. The van der Waals surface area contributed by atoms with E-state index < -0.39 is 15.8 Å². The average molecular weight is 389 g/mol. The first kappa shape index (κ1) is 19.1. The fourth-order valence-electron chi connectivity index (χ4n) is 3.35. The fraction of sp³-hybridized carbons (Fsp3) is 0.250. The molecule has 1 atom stereocenters. The van der Waals surface area contributed by atoms with Gasteiger partial charge in [-0.05, 0) is 48.4 Å². The molecule has 0 N–H and O–H groups in total. The van der Waals surface area contributed by atoms with Crippen LogP contribution in [-0.2, 0) is 14.6 Å². The normalized spacial score (nSPS) is 12.9. The molecule has 0 amide bonds. The van der Waals surface area contributed by atoms with E-state index in [-0.39, 0.29) is 16.6 Å². The topological polar surface area (TPSA) is 65.4 Å². The largest absolute Gasteiger partial charge is 0.337 e. The molecule has 0 bridgehead atoms. The van der Waals surface area contributed by atoms with Gasteiger partial charge in [0.05, 0.1) is 16.1 Å². The molecule has 0 aliphatic carbocycles. The van der Waals surface area contributed by atoms with Gasteiger partial charge in [0.1, 0.15) is 5.82 Å². The van der Waals surface area contributed by atoms with E-state index in [0.29, 0.717) is 16.6 Å². The van der Waals surface area contributed by atoms with Gasteiger partial charge < -0.3 is 4.84 Å². The number of hydrogen-bond donors (Lipinski definition) is 0. The molecule has 0 fully saturated rings. The number of rotatable bonds is 4. The number of nitrogens with zero attached hydrogens (tertiary/aromatic N) is 1. The Morgan fingerprint density at radius 1 is 1.15 bits per heavy atom. The summed E-state index contributed by atoms with van der Waals surface area (Å²) in [6.07, 6.45) is 1.16. The Morgan fingerprint density at radius 3 is 2.33 bits per heavy atom. The SMILES string of the molecule is CC(=O)On1c(C)c(C(C)c2ccc(S(C)(=O)=O)cc2)c2cc(F)ccc21. The zero-order valence-corrected chi connectivity index (χ0v) is 16.3. The predicted octanol–water partition coefficient (Wildman–Crippen LogP) is 3.62. The molecule has 0 aliphatic heterocycles. The molecular formula is C20H20FNO4S. The highest BCUT2D eigenvalue weighted by Crippen LogP contribution is 2.35. The summed E-state index contributed by atoms with van der Waals surface area (Å²) in [4.78, 5) is 17.0. The number of benzene rings is 2. The van der Waals surface area contributed by atoms with E-state index in [1.54, 1.807) is 37.3 Å². The Morgan fingerprint density at radius 2 is 1.78 bits per heavy atom. The van der Waals surface area contributed by atoms with Crippen LogP contribution in [0.5, 0.6) is 0 Å². The van der Waals surface area contributed by atoms with Gasteiger partial charge in [0.25, 0.3) is 0 Å². The van der Waals surface area contributed by atoms with Crippen molar-refractivity contribution in [2.75, 3.05) is 6.26 Å². The number of hydrogen-bond acceptors (Lipinski definition) is 4. The van der Waals surface area contributed by atoms with Gasteiger partial charge in [-0.2, -0.15) is 4.73 Å². The Kier molecular flexibility index (Phi) is 4.82. The van der Waals surface area contributed by atoms with Crippen LogP contribution >= 0.6 is 0 Å². The van der Waals surface area contributed by atoms with E-state index in [2.05, 4.69) is 0 Å². The Balaban J connectivity index is 2.16. The maximum absolute atomic E-state index is 13.9. The van der Waals surface area contributed by atoms with Crippen molar-refractivity contribution < 1.29 is 22.4 Å². The van der Waals surface area contributed by atoms with Crippen molar-refractivity contribution in [3.05, 3.63) is 65.1 Å². The Bertz CT molecular complexity index is 1130. The lowest BCUT2D eigenvalue weighted by Gasteiger charge is -2.14. The molecule has 5 nitrogen and oxygen atoms in total. The minimum absolute atomic E-state index is 0.167. The monoisotopic (exact) mass is 389 g/mol. The molecule has 1 unspecified atom stereocenters.